The van der Waals surface area contributed by atoms with Gasteiger partial charge >= 0.3 is 6.36 Å². The van der Waals surface area contributed by atoms with Crippen LogP contribution in [-0.2, 0) is 21.4 Å². The van der Waals surface area contributed by atoms with Gasteiger partial charge < -0.3 is 15.0 Å². The smallest absolute Gasteiger partial charge is 0.406 e. The number of rotatable bonds is 9. The standard InChI is InChI=1S/C27H24F3N7O6S2/c28-27(29,30)43-19-7-1-16(2-8-19)13-32-25(38)21-15-35(26-34-24-22(44-26)14-31-23(33-24)17-3-4-17)11-12-36(21)45(41,42)20-9-5-18(6-10-20)37(39)40/h1-2,5-10,14,17,21H,3-4,11-13,15H2,(H,32,38)/t21-/m1/s1. The second kappa shape index (κ2) is 11.8. The molecule has 1 saturated carbocycles. The van der Waals surface area contributed by atoms with Crippen LogP contribution in [0.25, 0.3) is 10.3 Å². The van der Waals surface area contributed by atoms with Gasteiger partial charge in [0.05, 0.1) is 20.7 Å². The molecule has 6 rings (SSSR count). The molecule has 236 valence electrons. The summed E-state index contributed by atoms with van der Waals surface area (Å²) in [5.41, 5.74) is 0.682. The van der Waals surface area contributed by atoms with E-state index in [2.05, 4.69) is 25.0 Å². The van der Waals surface area contributed by atoms with Crippen LogP contribution >= 0.6 is 11.3 Å². The van der Waals surface area contributed by atoms with E-state index < -0.39 is 39.0 Å². The van der Waals surface area contributed by atoms with E-state index in [0.717, 1.165) is 64.1 Å². The summed E-state index contributed by atoms with van der Waals surface area (Å²) in [5.74, 6) is -0.0221. The third kappa shape index (κ3) is 6.81. The van der Waals surface area contributed by atoms with Gasteiger partial charge in [-0.2, -0.15) is 9.29 Å². The van der Waals surface area contributed by atoms with E-state index in [9.17, 15) is 36.5 Å². The molecule has 4 aromatic rings. The van der Waals surface area contributed by atoms with Gasteiger partial charge in [0, 0.05) is 44.2 Å². The molecule has 3 heterocycles. The highest BCUT2D eigenvalue weighted by Crippen LogP contribution is 2.39. The van der Waals surface area contributed by atoms with Gasteiger partial charge in [0.1, 0.15) is 17.6 Å². The molecule has 1 amide bonds. The lowest BCUT2D eigenvalue weighted by molar-refractivity contribution is -0.384. The van der Waals surface area contributed by atoms with Crippen LogP contribution < -0.4 is 15.0 Å². The Hall–Kier alpha value is -4.42. The number of alkyl halides is 3. The number of carbonyl (C=O) groups is 1. The molecule has 0 bridgehead atoms. The Morgan fingerprint density at radius 3 is 2.44 bits per heavy atom. The maximum Gasteiger partial charge on any atom is 0.573 e. The molecule has 13 nitrogen and oxygen atoms in total. The van der Waals surface area contributed by atoms with E-state index >= 15 is 0 Å². The van der Waals surface area contributed by atoms with Crippen LogP contribution in [0.5, 0.6) is 5.75 Å². The quantitative estimate of drug-likeness (QED) is 0.205. The van der Waals surface area contributed by atoms with Gasteiger partial charge in [-0.15, -0.1) is 13.2 Å². The van der Waals surface area contributed by atoms with Gasteiger partial charge in [-0.05, 0) is 42.7 Å². The number of sulfonamides is 1. The molecule has 2 aliphatic rings. The average molecular weight is 664 g/mol. The molecule has 2 aromatic carbocycles. The average Bonchev–Trinajstić information content (AvgIpc) is 3.77. The van der Waals surface area contributed by atoms with Crippen molar-refractivity contribution < 1.29 is 36.0 Å². The van der Waals surface area contributed by atoms with Crippen molar-refractivity contribution in [3.8, 4) is 5.75 Å². The van der Waals surface area contributed by atoms with Crippen LogP contribution in [0, 0.1) is 10.1 Å². The van der Waals surface area contributed by atoms with Crippen molar-refractivity contribution in [2.24, 2.45) is 0 Å². The minimum absolute atomic E-state index is 0.0703. The Balaban J connectivity index is 1.24. The Morgan fingerprint density at radius 1 is 1.09 bits per heavy atom. The molecule has 0 spiro atoms. The van der Waals surface area contributed by atoms with Crippen molar-refractivity contribution >= 4 is 48.4 Å². The topological polar surface area (TPSA) is 161 Å². The van der Waals surface area contributed by atoms with E-state index in [0.29, 0.717) is 22.3 Å². The molecule has 0 radical (unpaired) electrons. The number of anilines is 1. The Bertz CT molecular complexity index is 1850. The highest BCUT2D eigenvalue weighted by Gasteiger charge is 2.41. The van der Waals surface area contributed by atoms with Gasteiger partial charge in [-0.1, -0.05) is 23.5 Å². The Labute approximate surface area is 257 Å². The lowest BCUT2D eigenvalue weighted by Gasteiger charge is -2.39. The van der Waals surface area contributed by atoms with Crippen LogP contribution in [0.1, 0.15) is 30.1 Å². The van der Waals surface area contributed by atoms with Gasteiger partial charge in [0.25, 0.3) is 5.69 Å². The van der Waals surface area contributed by atoms with E-state index in [4.69, 9.17) is 0 Å². The molecule has 18 heteroatoms. The van der Waals surface area contributed by atoms with Crippen LogP contribution in [0.2, 0.25) is 0 Å². The first-order valence-electron chi connectivity index (χ1n) is 13.6. The third-order valence-corrected chi connectivity index (χ3v) is 10.2. The number of nitrogens with one attached hydrogen (secondary N) is 1. The first-order valence-corrected chi connectivity index (χ1v) is 15.9. The van der Waals surface area contributed by atoms with E-state index in [1.54, 1.807) is 11.1 Å². The first-order chi connectivity index (χ1) is 21.4. The minimum Gasteiger partial charge on any atom is -0.406 e. The minimum atomic E-state index is -4.85. The number of non-ortho nitro benzene ring substituents is 1. The zero-order chi connectivity index (χ0) is 31.9. The number of thiazole rings is 1. The molecule has 1 aliphatic heterocycles. The lowest BCUT2D eigenvalue weighted by atomic mass is 10.1. The number of nitrogens with zero attached hydrogens (tertiary/aromatic N) is 6. The number of nitro groups is 1. The maximum absolute atomic E-state index is 13.7. The number of piperazine rings is 1. The Kier molecular flexibility index (Phi) is 8.04. The van der Waals surface area contributed by atoms with E-state index in [-0.39, 0.29) is 36.8 Å². The largest absolute Gasteiger partial charge is 0.573 e. The molecule has 1 saturated heterocycles. The van der Waals surface area contributed by atoms with E-state index in [1.807, 2.05) is 0 Å². The molecule has 0 unspecified atom stereocenters. The molecule has 1 N–H and O–H groups in total. The summed E-state index contributed by atoms with van der Waals surface area (Å²) in [5, 5.41) is 14.3. The van der Waals surface area contributed by atoms with Crippen LogP contribution in [0.4, 0.5) is 24.0 Å². The molecule has 2 fully saturated rings. The van der Waals surface area contributed by atoms with Crippen molar-refractivity contribution in [1.29, 1.82) is 0 Å². The van der Waals surface area contributed by atoms with Crippen molar-refractivity contribution in [3.63, 3.8) is 0 Å². The Morgan fingerprint density at radius 2 is 1.80 bits per heavy atom. The fraction of sp³-hybridized carbons (Fsp3) is 0.333. The molecule has 1 atom stereocenters. The van der Waals surface area contributed by atoms with Crippen molar-refractivity contribution in [2.75, 3.05) is 24.5 Å². The van der Waals surface area contributed by atoms with Gasteiger partial charge in [0.2, 0.25) is 15.9 Å². The number of aromatic nitrogens is 3. The number of hydrogen-bond acceptors (Lipinski definition) is 11. The first kappa shape index (κ1) is 30.6. The maximum atomic E-state index is 13.7. The van der Waals surface area contributed by atoms with Gasteiger partial charge in [-0.25, -0.2) is 18.4 Å². The number of carbonyl (C=O) groups excluding carboxylic acids is 1. The monoisotopic (exact) mass is 663 g/mol. The molecular weight excluding hydrogens is 639 g/mol. The predicted octanol–water partition coefficient (Wildman–Crippen LogP) is 3.97. The lowest BCUT2D eigenvalue weighted by Crippen LogP contribution is -2.60. The normalized spacial score (nSPS) is 17.8. The van der Waals surface area contributed by atoms with Crippen LogP contribution in [0.3, 0.4) is 0 Å². The second-order valence-electron chi connectivity index (χ2n) is 10.4. The molecule has 45 heavy (non-hydrogen) atoms. The molecular formula is C27H24F3N7O6S2. The second-order valence-corrected chi connectivity index (χ2v) is 13.3. The van der Waals surface area contributed by atoms with Crippen molar-refractivity contribution in [2.45, 2.75) is 42.6 Å². The number of halogens is 3. The number of benzene rings is 2. The highest BCUT2D eigenvalue weighted by atomic mass is 32.2. The summed E-state index contributed by atoms with van der Waals surface area (Å²) in [6, 6.07) is 8.03. The summed E-state index contributed by atoms with van der Waals surface area (Å²) in [6.45, 7) is -0.0813. The van der Waals surface area contributed by atoms with Crippen LogP contribution in [0.15, 0.2) is 59.6 Å². The summed E-state index contributed by atoms with van der Waals surface area (Å²) >= 11 is 1.32. The van der Waals surface area contributed by atoms with Crippen LogP contribution in [-0.4, -0.2) is 70.5 Å². The summed E-state index contributed by atoms with van der Waals surface area (Å²) in [4.78, 5) is 39.2. The van der Waals surface area contributed by atoms with Crippen molar-refractivity contribution in [1.82, 2.24) is 24.6 Å². The molecule has 1 aliphatic carbocycles. The molecule has 2 aromatic heterocycles. The summed E-state index contributed by atoms with van der Waals surface area (Å²) in [6.07, 6.45) is -1.09. The fourth-order valence-corrected chi connectivity index (χ4v) is 7.33. The summed E-state index contributed by atoms with van der Waals surface area (Å²) < 4.78 is 70.6. The zero-order valence-electron chi connectivity index (χ0n) is 23.2. The van der Waals surface area contributed by atoms with E-state index in [1.165, 1.54) is 23.5 Å². The van der Waals surface area contributed by atoms with Crippen molar-refractivity contribution in [3.05, 3.63) is 76.2 Å². The highest BCUT2D eigenvalue weighted by molar-refractivity contribution is 7.89. The number of ether oxygens (including phenoxy) is 1. The number of hydrogen-bond donors (Lipinski definition) is 1. The number of fused-ring (bicyclic) bond motifs is 1. The zero-order valence-corrected chi connectivity index (χ0v) is 24.8. The fourth-order valence-electron chi connectivity index (χ4n) is 4.84. The third-order valence-electron chi connectivity index (χ3n) is 7.28. The predicted molar refractivity (Wildman–Crippen MR) is 155 cm³/mol. The van der Waals surface area contributed by atoms with Gasteiger partial charge in [-0.3, -0.25) is 14.9 Å². The SMILES string of the molecule is O=C(NCc1ccc(OC(F)(F)F)cc1)[C@H]1CN(c2nc3nc(C4CC4)ncc3s2)CCN1S(=O)(=O)c1ccc([N+](=O)[O-])cc1. The van der Waals surface area contributed by atoms with Gasteiger partial charge in [0.15, 0.2) is 10.8 Å². The number of amides is 1. The number of nitro benzene ring substituents is 1. The summed E-state index contributed by atoms with van der Waals surface area (Å²) in [7, 11) is -4.28.